The standard InChI is InChI=1S/C20H37N5S.HI/c1-5-19-24-18(15-26-19)14-25-11-8-17(9-12-25)13-23-20(21-4)22-10-6-7-16(2)3;/h15-17H,5-14H2,1-4H3,(H2,21,22,23);1H. The summed E-state index contributed by atoms with van der Waals surface area (Å²) in [6.07, 6.45) is 6.02. The Morgan fingerprint density at radius 1 is 1.33 bits per heavy atom. The van der Waals surface area contributed by atoms with E-state index in [1.807, 2.05) is 7.05 Å². The van der Waals surface area contributed by atoms with Crippen LogP contribution in [-0.4, -0.2) is 49.1 Å². The lowest BCUT2D eigenvalue weighted by Gasteiger charge is -2.31. The average Bonchev–Trinajstić information content (AvgIpc) is 3.10. The number of aryl methyl sites for hydroxylation is 1. The molecule has 0 amide bonds. The number of piperidine rings is 1. The second-order valence-corrected chi connectivity index (χ2v) is 8.66. The Balaban J connectivity index is 0.00000364. The number of aromatic nitrogens is 1. The molecular weight excluding hydrogens is 469 g/mol. The number of halogens is 1. The quantitative estimate of drug-likeness (QED) is 0.228. The number of hydrogen-bond donors (Lipinski definition) is 2. The summed E-state index contributed by atoms with van der Waals surface area (Å²) in [5.74, 6) is 2.46. The predicted molar refractivity (Wildman–Crippen MR) is 128 cm³/mol. The summed E-state index contributed by atoms with van der Waals surface area (Å²) in [4.78, 5) is 11.6. The summed E-state index contributed by atoms with van der Waals surface area (Å²) in [5.41, 5.74) is 1.24. The maximum absolute atomic E-state index is 4.70. The van der Waals surface area contributed by atoms with E-state index in [0.717, 1.165) is 43.9 Å². The van der Waals surface area contributed by atoms with E-state index in [9.17, 15) is 0 Å². The molecule has 0 radical (unpaired) electrons. The molecule has 1 aromatic rings. The molecule has 1 aliphatic rings. The third kappa shape index (κ3) is 9.56. The van der Waals surface area contributed by atoms with Gasteiger partial charge in [-0.25, -0.2) is 4.98 Å². The zero-order valence-corrected chi connectivity index (χ0v) is 20.6. The Hall–Kier alpha value is -0.410. The molecule has 0 unspecified atom stereocenters. The molecular formula is C20H38IN5S. The molecule has 1 fully saturated rings. The maximum Gasteiger partial charge on any atom is 0.190 e. The van der Waals surface area contributed by atoms with Gasteiger partial charge in [0.05, 0.1) is 10.7 Å². The molecule has 0 saturated carbocycles. The van der Waals surface area contributed by atoms with Gasteiger partial charge in [0.2, 0.25) is 0 Å². The fourth-order valence-corrected chi connectivity index (χ4v) is 4.08. The van der Waals surface area contributed by atoms with Gasteiger partial charge in [-0.15, -0.1) is 35.3 Å². The number of hydrogen-bond acceptors (Lipinski definition) is 4. The Morgan fingerprint density at radius 3 is 2.67 bits per heavy atom. The van der Waals surface area contributed by atoms with E-state index in [0.29, 0.717) is 0 Å². The van der Waals surface area contributed by atoms with Crippen molar-refractivity contribution in [3.63, 3.8) is 0 Å². The van der Waals surface area contributed by atoms with E-state index >= 15 is 0 Å². The van der Waals surface area contributed by atoms with Crippen molar-refractivity contribution in [2.75, 3.05) is 33.2 Å². The third-order valence-corrected chi connectivity index (χ3v) is 6.07. The van der Waals surface area contributed by atoms with Gasteiger partial charge in [0.25, 0.3) is 0 Å². The fourth-order valence-electron chi connectivity index (χ4n) is 3.34. The summed E-state index contributed by atoms with van der Waals surface area (Å²) >= 11 is 1.79. The van der Waals surface area contributed by atoms with Crippen molar-refractivity contribution >= 4 is 41.3 Å². The summed E-state index contributed by atoms with van der Waals surface area (Å²) in [5, 5.41) is 10.4. The van der Waals surface area contributed by atoms with Crippen molar-refractivity contribution in [3.8, 4) is 0 Å². The molecule has 2 rings (SSSR count). The number of rotatable bonds is 9. The van der Waals surface area contributed by atoms with Crippen LogP contribution in [0.2, 0.25) is 0 Å². The van der Waals surface area contributed by atoms with Crippen molar-refractivity contribution in [2.45, 2.75) is 59.4 Å². The topological polar surface area (TPSA) is 52.6 Å². The molecule has 0 aromatic carbocycles. The summed E-state index contributed by atoms with van der Waals surface area (Å²) in [6.45, 7) is 12.1. The smallest absolute Gasteiger partial charge is 0.190 e. The van der Waals surface area contributed by atoms with Gasteiger partial charge in [0.15, 0.2) is 5.96 Å². The molecule has 1 saturated heterocycles. The second-order valence-electron chi connectivity index (χ2n) is 7.72. The van der Waals surface area contributed by atoms with Crippen molar-refractivity contribution in [1.82, 2.24) is 20.5 Å². The molecule has 1 aliphatic heterocycles. The van der Waals surface area contributed by atoms with Crippen LogP contribution in [0.15, 0.2) is 10.4 Å². The Bertz CT molecular complexity index is 538. The maximum atomic E-state index is 4.70. The summed E-state index contributed by atoms with van der Waals surface area (Å²) in [6, 6.07) is 0. The first kappa shape index (κ1) is 24.6. The molecule has 27 heavy (non-hydrogen) atoms. The number of nitrogens with one attached hydrogen (secondary N) is 2. The molecule has 1 aromatic heterocycles. The van der Waals surface area contributed by atoms with Crippen LogP contribution in [0.4, 0.5) is 0 Å². The second kappa shape index (κ2) is 13.7. The van der Waals surface area contributed by atoms with Gasteiger partial charge in [0.1, 0.15) is 0 Å². The van der Waals surface area contributed by atoms with Crippen molar-refractivity contribution < 1.29 is 0 Å². The zero-order valence-electron chi connectivity index (χ0n) is 17.5. The SMILES string of the molecule is CCc1nc(CN2CCC(CNC(=NC)NCCCC(C)C)CC2)cs1.I. The molecule has 0 aliphatic carbocycles. The van der Waals surface area contributed by atoms with Crippen LogP contribution in [0.1, 0.15) is 57.2 Å². The molecule has 7 heteroatoms. The Morgan fingerprint density at radius 2 is 2.07 bits per heavy atom. The van der Waals surface area contributed by atoms with Gasteiger partial charge >= 0.3 is 0 Å². The van der Waals surface area contributed by atoms with Gasteiger partial charge < -0.3 is 10.6 Å². The first-order valence-corrected chi connectivity index (χ1v) is 11.1. The summed E-state index contributed by atoms with van der Waals surface area (Å²) < 4.78 is 0. The van der Waals surface area contributed by atoms with E-state index in [1.54, 1.807) is 11.3 Å². The van der Waals surface area contributed by atoms with E-state index in [4.69, 9.17) is 4.98 Å². The molecule has 0 spiro atoms. The first-order chi connectivity index (χ1) is 12.6. The minimum atomic E-state index is 0. The van der Waals surface area contributed by atoms with Gasteiger partial charge in [-0.2, -0.15) is 0 Å². The highest BCUT2D eigenvalue weighted by atomic mass is 127. The fraction of sp³-hybridized carbons (Fsp3) is 0.800. The normalized spacial score (nSPS) is 16.4. The number of thiazole rings is 1. The van der Waals surface area contributed by atoms with E-state index in [1.165, 1.54) is 49.5 Å². The minimum Gasteiger partial charge on any atom is -0.356 e. The minimum absolute atomic E-state index is 0. The third-order valence-electron chi connectivity index (χ3n) is 5.03. The van der Waals surface area contributed by atoms with Gasteiger partial charge in [0, 0.05) is 32.1 Å². The van der Waals surface area contributed by atoms with Crippen molar-refractivity contribution in [3.05, 3.63) is 16.1 Å². The first-order valence-electron chi connectivity index (χ1n) is 10.2. The highest BCUT2D eigenvalue weighted by Crippen LogP contribution is 2.19. The summed E-state index contributed by atoms with van der Waals surface area (Å²) in [7, 11) is 1.86. The lowest BCUT2D eigenvalue weighted by molar-refractivity contribution is 0.176. The number of guanidine groups is 1. The van der Waals surface area contributed by atoms with Crippen LogP contribution >= 0.6 is 35.3 Å². The highest BCUT2D eigenvalue weighted by molar-refractivity contribution is 14.0. The zero-order chi connectivity index (χ0) is 18.8. The lowest BCUT2D eigenvalue weighted by atomic mass is 9.97. The van der Waals surface area contributed by atoms with Crippen LogP contribution in [0, 0.1) is 11.8 Å². The number of nitrogens with zero attached hydrogens (tertiary/aromatic N) is 3. The average molecular weight is 508 g/mol. The number of aliphatic imine (C=N–C) groups is 1. The Labute approximate surface area is 186 Å². The predicted octanol–water partition coefficient (Wildman–Crippen LogP) is 4.14. The van der Waals surface area contributed by atoms with Crippen LogP contribution in [0.25, 0.3) is 0 Å². The molecule has 2 heterocycles. The van der Waals surface area contributed by atoms with Crippen LogP contribution in [0.3, 0.4) is 0 Å². The highest BCUT2D eigenvalue weighted by Gasteiger charge is 2.20. The largest absolute Gasteiger partial charge is 0.356 e. The van der Waals surface area contributed by atoms with Crippen LogP contribution in [-0.2, 0) is 13.0 Å². The molecule has 0 bridgehead atoms. The van der Waals surface area contributed by atoms with Crippen LogP contribution < -0.4 is 10.6 Å². The van der Waals surface area contributed by atoms with Gasteiger partial charge in [-0.05, 0) is 57.0 Å². The monoisotopic (exact) mass is 507 g/mol. The Kier molecular flexibility index (Phi) is 12.5. The van der Waals surface area contributed by atoms with Gasteiger partial charge in [-0.1, -0.05) is 20.8 Å². The number of likely N-dealkylation sites (tertiary alicyclic amines) is 1. The van der Waals surface area contributed by atoms with Crippen molar-refractivity contribution in [1.29, 1.82) is 0 Å². The van der Waals surface area contributed by atoms with E-state index < -0.39 is 0 Å². The van der Waals surface area contributed by atoms with Gasteiger partial charge in [-0.3, -0.25) is 9.89 Å². The lowest BCUT2D eigenvalue weighted by Crippen LogP contribution is -2.43. The molecule has 5 nitrogen and oxygen atoms in total. The molecule has 2 N–H and O–H groups in total. The van der Waals surface area contributed by atoms with Crippen LogP contribution in [0.5, 0.6) is 0 Å². The van der Waals surface area contributed by atoms with Crippen molar-refractivity contribution in [2.24, 2.45) is 16.8 Å². The van der Waals surface area contributed by atoms with E-state index in [2.05, 4.69) is 46.7 Å². The van der Waals surface area contributed by atoms with E-state index in [-0.39, 0.29) is 24.0 Å². The molecule has 0 atom stereocenters. The molecule has 156 valence electrons.